The van der Waals surface area contributed by atoms with Crippen molar-refractivity contribution < 1.29 is 4.39 Å². The molecule has 0 saturated heterocycles. The zero-order valence-corrected chi connectivity index (χ0v) is 9.94. The Bertz CT molecular complexity index is 312. The van der Waals surface area contributed by atoms with Crippen molar-refractivity contribution in [1.82, 2.24) is 5.32 Å². The number of rotatable bonds is 5. The lowest BCUT2D eigenvalue weighted by molar-refractivity contribution is 0.553. The average molecular weight is 230 g/mol. The maximum Gasteiger partial charge on any atom is 0.123 e. The van der Waals surface area contributed by atoms with Crippen LogP contribution in [0.3, 0.4) is 0 Å². The summed E-state index contributed by atoms with van der Waals surface area (Å²) in [5.41, 5.74) is 0.868. The summed E-state index contributed by atoms with van der Waals surface area (Å²) >= 11 is 5.94. The van der Waals surface area contributed by atoms with Crippen molar-refractivity contribution in [2.24, 2.45) is 5.92 Å². The monoisotopic (exact) mass is 229 g/mol. The van der Waals surface area contributed by atoms with Gasteiger partial charge in [-0.25, -0.2) is 4.39 Å². The van der Waals surface area contributed by atoms with E-state index in [4.69, 9.17) is 11.6 Å². The lowest BCUT2D eigenvalue weighted by Crippen LogP contribution is -2.22. The van der Waals surface area contributed by atoms with Crippen molar-refractivity contribution in [3.05, 3.63) is 34.6 Å². The minimum atomic E-state index is -0.224. The SMILES string of the molecule is CC(C)CNCCc1cc(F)ccc1Cl. The Morgan fingerprint density at radius 2 is 2.13 bits per heavy atom. The second-order valence-electron chi connectivity index (χ2n) is 4.08. The van der Waals surface area contributed by atoms with Crippen molar-refractivity contribution in [2.75, 3.05) is 13.1 Å². The molecule has 0 aromatic heterocycles. The van der Waals surface area contributed by atoms with E-state index in [0.717, 1.165) is 25.1 Å². The molecule has 0 saturated carbocycles. The molecule has 1 aromatic carbocycles. The summed E-state index contributed by atoms with van der Waals surface area (Å²) in [5, 5.41) is 3.94. The second-order valence-corrected chi connectivity index (χ2v) is 4.49. The van der Waals surface area contributed by atoms with Crippen molar-refractivity contribution in [3.63, 3.8) is 0 Å². The lowest BCUT2D eigenvalue weighted by Gasteiger charge is -2.08. The van der Waals surface area contributed by atoms with Gasteiger partial charge in [0.25, 0.3) is 0 Å². The van der Waals surface area contributed by atoms with Crippen LogP contribution >= 0.6 is 11.6 Å². The molecule has 0 fully saturated rings. The fraction of sp³-hybridized carbons (Fsp3) is 0.500. The van der Waals surface area contributed by atoms with Gasteiger partial charge in [-0.15, -0.1) is 0 Å². The van der Waals surface area contributed by atoms with E-state index >= 15 is 0 Å². The molecule has 15 heavy (non-hydrogen) atoms. The first-order valence-corrected chi connectivity index (χ1v) is 5.62. The standard InChI is InChI=1S/C12H17ClFN/c1-9(2)8-15-6-5-10-7-11(14)3-4-12(10)13/h3-4,7,9,15H,5-6,8H2,1-2H3. The van der Waals surface area contributed by atoms with Gasteiger partial charge in [0.2, 0.25) is 0 Å². The Balaban J connectivity index is 2.40. The van der Waals surface area contributed by atoms with E-state index in [-0.39, 0.29) is 5.82 Å². The van der Waals surface area contributed by atoms with Crippen molar-refractivity contribution in [2.45, 2.75) is 20.3 Å². The van der Waals surface area contributed by atoms with E-state index in [9.17, 15) is 4.39 Å². The van der Waals surface area contributed by atoms with Gasteiger partial charge >= 0.3 is 0 Å². The van der Waals surface area contributed by atoms with Gasteiger partial charge in [0, 0.05) is 5.02 Å². The highest BCUT2D eigenvalue weighted by Crippen LogP contribution is 2.17. The highest BCUT2D eigenvalue weighted by Gasteiger charge is 2.01. The Morgan fingerprint density at radius 1 is 1.40 bits per heavy atom. The van der Waals surface area contributed by atoms with Gasteiger partial charge < -0.3 is 5.32 Å². The van der Waals surface area contributed by atoms with Crippen molar-refractivity contribution in [3.8, 4) is 0 Å². The van der Waals surface area contributed by atoms with E-state index in [1.807, 2.05) is 0 Å². The fourth-order valence-electron chi connectivity index (χ4n) is 1.35. The number of benzene rings is 1. The van der Waals surface area contributed by atoms with Gasteiger partial charge in [-0.3, -0.25) is 0 Å². The van der Waals surface area contributed by atoms with E-state index in [1.54, 1.807) is 6.07 Å². The zero-order chi connectivity index (χ0) is 11.3. The molecule has 0 unspecified atom stereocenters. The molecule has 1 N–H and O–H groups in total. The molecule has 1 nitrogen and oxygen atoms in total. The van der Waals surface area contributed by atoms with Crippen LogP contribution in [0.25, 0.3) is 0 Å². The van der Waals surface area contributed by atoms with Gasteiger partial charge in [-0.05, 0) is 49.2 Å². The molecule has 0 atom stereocenters. The van der Waals surface area contributed by atoms with E-state index < -0.39 is 0 Å². The third-order valence-electron chi connectivity index (χ3n) is 2.13. The minimum absolute atomic E-state index is 0.224. The average Bonchev–Trinajstić information content (AvgIpc) is 2.17. The topological polar surface area (TPSA) is 12.0 Å². The molecular weight excluding hydrogens is 213 g/mol. The molecule has 1 rings (SSSR count). The predicted molar refractivity (Wildman–Crippen MR) is 62.8 cm³/mol. The molecule has 0 aliphatic heterocycles. The normalized spacial score (nSPS) is 11.0. The molecule has 0 amide bonds. The van der Waals surface area contributed by atoms with Gasteiger partial charge in [0.05, 0.1) is 0 Å². The van der Waals surface area contributed by atoms with Crippen LogP contribution in [0.4, 0.5) is 4.39 Å². The Kier molecular flexibility index (Phi) is 5.06. The summed E-state index contributed by atoms with van der Waals surface area (Å²) in [6.45, 7) is 6.12. The van der Waals surface area contributed by atoms with E-state index in [1.165, 1.54) is 12.1 Å². The fourth-order valence-corrected chi connectivity index (χ4v) is 1.56. The van der Waals surface area contributed by atoms with Crippen molar-refractivity contribution >= 4 is 11.6 Å². The van der Waals surface area contributed by atoms with Crippen molar-refractivity contribution in [1.29, 1.82) is 0 Å². The molecule has 0 radical (unpaired) electrons. The molecule has 0 spiro atoms. The third kappa shape index (κ3) is 4.63. The number of nitrogens with one attached hydrogen (secondary N) is 1. The second kappa shape index (κ2) is 6.09. The first-order valence-electron chi connectivity index (χ1n) is 5.24. The summed E-state index contributed by atoms with van der Waals surface area (Å²) in [6, 6.07) is 4.49. The molecule has 1 aromatic rings. The largest absolute Gasteiger partial charge is 0.316 e. The first-order chi connectivity index (χ1) is 7.09. The maximum absolute atomic E-state index is 12.9. The van der Waals surface area contributed by atoms with E-state index in [2.05, 4.69) is 19.2 Å². The highest BCUT2D eigenvalue weighted by molar-refractivity contribution is 6.31. The molecule has 3 heteroatoms. The van der Waals surface area contributed by atoms with Crippen LogP contribution in [0.2, 0.25) is 5.02 Å². The van der Waals surface area contributed by atoms with Gasteiger partial charge in [0.15, 0.2) is 0 Å². The molecule has 84 valence electrons. The number of halogens is 2. The molecule has 0 aliphatic carbocycles. The maximum atomic E-state index is 12.9. The summed E-state index contributed by atoms with van der Waals surface area (Å²) < 4.78 is 12.9. The lowest BCUT2D eigenvalue weighted by atomic mass is 10.1. The van der Waals surface area contributed by atoms with Crippen LogP contribution < -0.4 is 5.32 Å². The third-order valence-corrected chi connectivity index (χ3v) is 2.50. The van der Waals surface area contributed by atoms with Crippen LogP contribution in [0, 0.1) is 11.7 Å². The molecule has 0 aliphatic rings. The Hall–Kier alpha value is -0.600. The highest BCUT2D eigenvalue weighted by atomic mass is 35.5. The van der Waals surface area contributed by atoms with Gasteiger partial charge in [-0.2, -0.15) is 0 Å². The van der Waals surface area contributed by atoms with Gasteiger partial charge in [0.1, 0.15) is 5.82 Å². The van der Waals surface area contributed by atoms with Gasteiger partial charge in [-0.1, -0.05) is 25.4 Å². The number of hydrogen-bond donors (Lipinski definition) is 1. The quantitative estimate of drug-likeness (QED) is 0.765. The predicted octanol–water partition coefficient (Wildman–Crippen LogP) is 3.27. The van der Waals surface area contributed by atoms with Crippen LogP contribution in [0.5, 0.6) is 0 Å². The summed E-state index contributed by atoms with van der Waals surface area (Å²) in [7, 11) is 0. The smallest absolute Gasteiger partial charge is 0.123 e. The molecule has 0 heterocycles. The number of hydrogen-bond acceptors (Lipinski definition) is 1. The van der Waals surface area contributed by atoms with E-state index in [0.29, 0.717) is 10.9 Å². The van der Waals surface area contributed by atoms with Crippen LogP contribution in [0.1, 0.15) is 19.4 Å². The van der Waals surface area contributed by atoms with Crippen LogP contribution in [-0.4, -0.2) is 13.1 Å². The van der Waals surface area contributed by atoms with Crippen LogP contribution in [-0.2, 0) is 6.42 Å². The minimum Gasteiger partial charge on any atom is -0.316 e. The molecule has 0 bridgehead atoms. The summed E-state index contributed by atoms with van der Waals surface area (Å²) in [5.74, 6) is 0.409. The zero-order valence-electron chi connectivity index (χ0n) is 9.19. The Morgan fingerprint density at radius 3 is 2.80 bits per heavy atom. The summed E-state index contributed by atoms with van der Waals surface area (Å²) in [6.07, 6.45) is 0.767. The first kappa shape index (κ1) is 12.5. The summed E-state index contributed by atoms with van der Waals surface area (Å²) in [4.78, 5) is 0. The van der Waals surface area contributed by atoms with Crippen LogP contribution in [0.15, 0.2) is 18.2 Å². The Labute approximate surface area is 95.6 Å². The molecular formula is C12H17ClFN.